The molecule has 2 bridgehead atoms. The fourth-order valence-electron chi connectivity index (χ4n) is 12.5. The first kappa shape index (κ1) is 43.5. The fourth-order valence-corrected chi connectivity index (χ4v) is 12.5. The zero-order chi connectivity index (χ0) is 42.4. The summed E-state index contributed by atoms with van der Waals surface area (Å²) in [6.07, 6.45) is 8.86. The molecule has 336 valence electrons. The number of nitrogens with one attached hydrogen (secondary N) is 1. The molecule has 3 spiro atoms. The minimum Gasteiger partial charge on any atom is -0.481 e. The van der Waals surface area contributed by atoms with Crippen LogP contribution in [0.5, 0.6) is 0 Å². The predicted octanol–water partition coefficient (Wildman–Crippen LogP) is 4.98. The number of ether oxygens (including phenoxy) is 8. The number of piperidine rings is 1. The van der Waals surface area contributed by atoms with Crippen molar-refractivity contribution in [2.45, 2.75) is 208 Å². The monoisotopic (exact) mass is 843 g/mol. The van der Waals surface area contributed by atoms with E-state index in [1.165, 1.54) is 0 Å². The maximum atomic E-state index is 12.2. The Labute approximate surface area is 354 Å². The number of carbonyl (C=O) groups is 1. The quantitative estimate of drug-likeness (QED) is 0.196. The fraction of sp³-hybridized carbons (Fsp3) is 0.848. The number of aliphatic hydroxyl groups is 3. The zero-order valence-electron chi connectivity index (χ0n) is 36.0. The lowest BCUT2D eigenvalue weighted by Crippen LogP contribution is -2.61. The maximum absolute atomic E-state index is 12.2. The van der Waals surface area contributed by atoms with Gasteiger partial charge in [-0.1, -0.05) is 65.5 Å². The van der Waals surface area contributed by atoms with E-state index in [9.17, 15) is 20.1 Å². The van der Waals surface area contributed by atoms with Crippen LogP contribution in [-0.2, 0) is 42.7 Å². The highest BCUT2D eigenvalue weighted by atomic mass is 16.8. The van der Waals surface area contributed by atoms with E-state index in [1.807, 2.05) is 31.2 Å². The first-order chi connectivity index (χ1) is 28.4. The molecule has 8 saturated heterocycles. The second kappa shape index (κ2) is 16.0. The van der Waals surface area contributed by atoms with Crippen molar-refractivity contribution in [2.24, 2.45) is 29.6 Å². The number of aliphatic hydroxyl groups excluding tert-OH is 2. The molecule has 0 amide bonds. The number of fused-ring (bicyclic) bond motifs is 5. The van der Waals surface area contributed by atoms with Gasteiger partial charge in [0.25, 0.3) is 0 Å². The van der Waals surface area contributed by atoms with E-state index in [2.05, 4.69) is 39.6 Å². The second-order valence-electron chi connectivity index (χ2n) is 20.5. The number of rotatable bonds is 9. The molecule has 8 fully saturated rings. The first-order valence-electron chi connectivity index (χ1n) is 22.9. The molecular weight excluding hydrogens is 775 g/mol. The number of aliphatic carboxylic acids is 1. The largest absolute Gasteiger partial charge is 0.481 e. The van der Waals surface area contributed by atoms with Gasteiger partial charge in [0.1, 0.15) is 17.9 Å². The van der Waals surface area contributed by atoms with E-state index in [0.717, 1.165) is 25.8 Å². The van der Waals surface area contributed by atoms with Gasteiger partial charge in [-0.2, -0.15) is 0 Å². The van der Waals surface area contributed by atoms with E-state index in [0.29, 0.717) is 74.7 Å². The molecule has 20 atom stereocenters. The van der Waals surface area contributed by atoms with Crippen LogP contribution in [0.3, 0.4) is 0 Å². The minimum atomic E-state index is -2.12. The van der Waals surface area contributed by atoms with Crippen LogP contribution in [0.2, 0.25) is 0 Å². The van der Waals surface area contributed by atoms with Crippen molar-refractivity contribution in [1.82, 2.24) is 5.32 Å². The van der Waals surface area contributed by atoms with Gasteiger partial charge >= 0.3 is 5.97 Å². The molecule has 0 aromatic heterocycles. The molecule has 9 heterocycles. The molecule has 5 N–H and O–H groups in total. The van der Waals surface area contributed by atoms with E-state index in [-0.39, 0.29) is 49.3 Å². The van der Waals surface area contributed by atoms with Gasteiger partial charge in [-0.25, -0.2) is 0 Å². The Morgan fingerprint density at radius 3 is 2.48 bits per heavy atom. The van der Waals surface area contributed by atoms with Gasteiger partial charge in [0.2, 0.25) is 0 Å². The van der Waals surface area contributed by atoms with Crippen molar-refractivity contribution in [1.29, 1.82) is 0 Å². The lowest BCUT2D eigenvalue weighted by Gasteiger charge is -2.53. The summed E-state index contributed by atoms with van der Waals surface area (Å²) in [7, 11) is 0. The summed E-state index contributed by atoms with van der Waals surface area (Å²) < 4.78 is 53.6. The van der Waals surface area contributed by atoms with Crippen LogP contribution in [0, 0.1) is 29.6 Å². The summed E-state index contributed by atoms with van der Waals surface area (Å²) in [5.74, 6) is -4.91. The van der Waals surface area contributed by atoms with E-state index in [1.54, 1.807) is 0 Å². The Bertz CT molecular complexity index is 1690. The predicted molar refractivity (Wildman–Crippen MR) is 216 cm³/mol. The van der Waals surface area contributed by atoms with Crippen LogP contribution >= 0.6 is 0 Å². The lowest BCUT2D eigenvalue weighted by molar-refractivity contribution is -0.367. The highest BCUT2D eigenvalue weighted by molar-refractivity contribution is 5.66. The smallest absolute Gasteiger partial charge is 0.303 e. The van der Waals surface area contributed by atoms with E-state index < -0.39 is 71.3 Å². The SMILES string of the molecule is C=C(CC12CC(C)CC(O1)C1OC3(CC1O2)NCC(C)CC3C)C1OC(O)(C(O)C2CC3OC4(CCC5(CC=CC(C=CCCC(=O)O)O5)O4)C(C)CC3O2)CC(O)C1C. The molecule has 14 nitrogen and oxygen atoms in total. The van der Waals surface area contributed by atoms with Crippen LogP contribution < -0.4 is 5.32 Å². The third-order valence-corrected chi connectivity index (χ3v) is 15.6. The van der Waals surface area contributed by atoms with Crippen LogP contribution in [0.4, 0.5) is 0 Å². The molecule has 9 rings (SSSR count). The third-order valence-electron chi connectivity index (χ3n) is 15.6. The summed E-state index contributed by atoms with van der Waals surface area (Å²) in [6, 6.07) is 0. The van der Waals surface area contributed by atoms with Crippen molar-refractivity contribution in [3.63, 3.8) is 0 Å². The van der Waals surface area contributed by atoms with Gasteiger partial charge in [-0.3, -0.25) is 10.1 Å². The molecule has 0 aromatic rings. The third kappa shape index (κ3) is 7.91. The molecule has 20 unspecified atom stereocenters. The van der Waals surface area contributed by atoms with Gasteiger partial charge < -0.3 is 58.3 Å². The summed E-state index contributed by atoms with van der Waals surface area (Å²) >= 11 is 0. The van der Waals surface area contributed by atoms with Crippen molar-refractivity contribution in [2.75, 3.05) is 6.54 Å². The van der Waals surface area contributed by atoms with Crippen LogP contribution in [0.15, 0.2) is 36.5 Å². The number of carboxylic acids is 1. The topological polar surface area (TPSA) is 184 Å². The average Bonchev–Trinajstić information content (AvgIpc) is 3.87. The molecule has 0 saturated carbocycles. The maximum Gasteiger partial charge on any atom is 0.303 e. The number of carboxylic acid groups (broad SMARTS) is 1. The molecule has 14 heteroatoms. The second-order valence-corrected chi connectivity index (χ2v) is 20.5. The lowest BCUT2D eigenvalue weighted by atomic mass is 9.78. The van der Waals surface area contributed by atoms with E-state index in [4.69, 9.17) is 43.0 Å². The molecule has 9 aliphatic rings. The Balaban J connectivity index is 0.845. The Morgan fingerprint density at radius 2 is 1.70 bits per heavy atom. The highest BCUT2D eigenvalue weighted by Gasteiger charge is 2.64. The zero-order valence-corrected chi connectivity index (χ0v) is 36.0. The molecule has 60 heavy (non-hydrogen) atoms. The van der Waals surface area contributed by atoms with Gasteiger partial charge in [-0.05, 0) is 49.0 Å². The van der Waals surface area contributed by atoms with Crippen LogP contribution in [0.25, 0.3) is 0 Å². The van der Waals surface area contributed by atoms with Crippen molar-refractivity contribution in [3.8, 4) is 0 Å². The summed E-state index contributed by atoms with van der Waals surface area (Å²) in [5.41, 5.74) is 0.197. The Hall–Kier alpha value is -1.79. The van der Waals surface area contributed by atoms with Gasteiger partial charge in [0.15, 0.2) is 23.1 Å². The molecule has 9 aliphatic heterocycles. The number of hydrogen-bond donors (Lipinski definition) is 5. The summed E-state index contributed by atoms with van der Waals surface area (Å²) in [5, 5.41) is 48.3. The van der Waals surface area contributed by atoms with Crippen LogP contribution in [0.1, 0.15) is 118 Å². The molecular formula is C46H69NO13. The molecule has 0 radical (unpaired) electrons. The number of hydrogen-bond acceptors (Lipinski definition) is 13. The first-order valence-corrected chi connectivity index (χ1v) is 22.9. The van der Waals surface area contributed by atoms with Crippen LogP contribution in [-0.4, -0.2) is 123 Å². The molecule has 0 aromatic carbocycles. The van der Waals surface area contributed by atoms with Crippen molar-refractivity contribution in [3.05, 3.63) is 36.5 Å². The Morgan fingerprint density at radius 1 is 0.900 bits per heavy atom. The number of allylic oxidation sites excluding steroid dienone is 1. The van der Waals surface area contributed by atoms with Gasteiger partial charge in [0.05, 0.1) is 48.8 Å². The summed E-state index contributed by atoms with van der Waals surface area (Å²) in [6.45, 7) is 16.1. The van der Waals surface area contributed by atoms with Gasteiger partial charge in [-0.15, -0.1) is 0 Å². The van der Waals surface area contributed by atoms with E-state index >= 15 is 0 Å². The molecule has 0 aliphatic carbocycles. The normalized spacial score (nSPS) is 52.9. The minimum absolute atomic E-state index is 0.0502. The standard InChI is InChI=1S/C46H69NO13/c1-25-17-35-40-37(23-44(58-40)28(4)16-26(2)24-47-44)56-43(20-25,55-35)21-27(3)39-30(6)32(48)22-45(52,59-39)41(51)36-19-34-33(53-36)18-29(5)46(57-34)15-14-42(60-46)13-9-11-31(54-42)10-7-8-12-38(49)50/h7,9-11,25-26,28-37,39-41,47-48,51-52H,3,8,12-24H2,1-2,4-6H3,(H,49,50). The highest BCUT2D eigenvalue weighted by Crippen LogP contribution is 2.55. The van der Waals surface area contributed by atoms with Crippen molar-refractivity contribution < 1.29 is 63.1 Å². The van der Waals surface area contributed by atoms with Crippen molar-refractivity contribution >= 4 is 5.97 Å². The summed E-state index contributed by atoms with van der Waals surface area (Å²) in [4.78, 5) is 10.9. The Kier molecular flexibility index (Phi) is 11.6. The van der Waals surface area contributed by atoms with Gasteiger partial charge in [0, 0.05) is 76.2 Å². The average molecular weight is 844 g/mol.